The van der Waals surface area contributed by atoms with Gasteiger partial charge in [-0.05, 0) is 62.8 Å². The SMILES string of the molecule is CC[C@H]1Cc2nc(Cl)c(F)c3nc(OC[C@@]45CCCN4C[C@H](F)C5)nc(c23)N2C[C@H]3CC[C@H](C3)[C@H]12. The fraction of sp³-hybridized carbons (Fsp3) is 0.731. The average Bonchev–Trinajstić information content (AvgIpc) is 3.47. The van der Waals surface area contributed by atoms with Crippen molar-refractivity contribution in [2.75, 3.05) is 31.1 Å². The smallest absolute Gasteiger partial charge is 0.319 e. The molecule has 0 N–H and O–H groups in total. The average molecular weight is 504 g/mol. The lowest BCUT2D eigenvalue weighted by atomic mass is 9.80. The number of pyridine rings is 1. The quantitative estimate of drug-likeness (QED) is 0.550. The van der Waals surface area contributed by atoms with Crippen LogP contribution < -0.4 is 9.64 Å². The van der Waals surface area contributed by atoms with Gasteiger partial charge in [0, 0.05) is 25.6 Å². The summed E-state index contributed by atoms with van der Waals surface area (Å²) in [5.41, 5.74) is 0.677. The number of alkyl halides is 1. The van der Waals surface area contributed by atoms with Crippen molar-refractivity contribution >= 4 is 28.3 Å². The number of ether oxygens (including phenoxy) is 1. The molecule has 35 heavy (non-hydrogen) atoms. The van der Waals surface area contributed by atoms with E-state index in [1.54, 1.807) is 0 Å². The zero-order valence-corrected chi connectivity index (χ0v) is 20.9. The molecule has 3 saturated heterocycles. The van der Waals surface area contributed by atoms with Gasteiger partial charge in [0.2, 0.25) is 0 Å². The van der Waals surface area contributed by atoms with E-state index in [0.29, 0.717) is 48.8 Å². The van der Waals surface area contributed by atoms with Crippen LogP contribution in [0, 0.1) is 23.6 Å². The summed E-state index contributed by atoms with van der Waals surface area (Å²) in [6.45, 7) is 4.83. The number of nitrogens with zero attached hydrogens (tertiary/aromatic N) is 5. The van der Waals surface area contributed by atoms with Crippen LogP contribution in [-0.2, 0) is 6.42 Å². The molecule has 6 atom stereocenters. The van der Waals surface area contributed by atoms with Gasteiger partial charge in [0.05, 0.1) is 16.6 Å². The predicted octanol–water partition coefficient (Wildman–Crippen LogP) is 4.96. The first-order chi connectivity index (χ1) is 17.0. The van der Waals surface area contributed by atoms with Crippen LogP contribution in [0.1, 0.15) is 57.6 Å². The Morgan fingerprint density at radius 2 is 2.09 bits per heavy atom. The summed E-state index contributed by atoms with van der Waals surface area (Å²) in [5, 5.41) is 0.544. The van der Waals surface area contributed by atoms with E-state index in [4.69, 9.17) is 21.3 Å². The Balaban J connectivity index is 1.33. The molecule has 5 aliphatic rings. The van der Waals surface area contributed by atoms with Crippen molar-refractivity contribution in [3.8, 4) is 6.01 Å². The van der Waals surface area contributed by atoms with Crippen molar-refractivity contribution in [3.63, 3.8) is 0 Å². The van der Waals surface area contributed by atoms with Crippen molar-refractivity contribution in [2.24, 2.45) is 17.8 Å². The molecule has 4 aliphatic heterocycles. The second kappa shape index (κ2) is 8.10. The highest BCUT2D eigenvalue weighted by atomic mass is 35.5. The van der Waals surface area contributed by atoms with Crippen molar-refractivity contribution < 1.29 is 13.5 Å². The van der Waals surface area contributed by atoms with Gasteiger partial charge in [0.15, 0.2) is 11.0 Å². The van der Waals surface area contributed by atoms with Gasteiger partial charge < -0.3 is 9.64 Å². The molecule has 6 nitrogen and oxygen atoms in total. The topological polar surface area (TPSA) is 54.4 Å². The maximum Gasteiger partial charge on any atom is 0.319 e. The second-order valence-electron chi connectivity index (χ2n) is 11.5. The van der Waals surface area contributed by atoms with Crippen LogP contribution in [0.3, 0.4) is 0 Å². The number of anilines is 1. The largest absolute Gasteiger partial charge is 0.461 e. The van der Waals surface area contributed by atoms with E-state index in [1.807, 2.05) is 0 Å². The lowest BCUT2D eigenvalue weighted by Crippen LogP contribution is -2.50. The maximum absolute atomic E-state index is 15.4. The second-order valence-corrected chi connectivity index (χ2v) is 11.9. The van der Waals surface area contributed by atoms with Crippen molar-refractivity contribution in [1.29, 1.82) is 0 Å². The lowest BCUT2D eigenvalue weighted by Gasteiger charge is -2.44. The highest BCUT2D eigenvalue weighted by molar-refractivity contribution is 6.30. The fourth-order valence-corrected chi connectivity index (χ4v) is 8.30. The molecule has 0 aromatic carbocycles. The van der Waals surface area contributed by atoms with Crippen LogP contribution in [0.25, 0.3) is 10.9 Å². The standard InChI is InChI=1S/C26H32ClF2N5O/c1-2-15-9-18-19-21(20(29)23(27)30-18)31-25(35-13-26-6-3-7-33(26)12-17(28)10-26)32-24(19)34-11-14-4-5-16(8-14)22(15)34/h14-17,22H,2-13H2,1H3/t14-,15-,16+,17+,22-,26-/m0/s1. The number of hydrogen-bond acceptors (Lipinski definition) is 6. The molecule has 9 heteroatoms. The molecular weight excluding hydrogens is 472 g/mol. The molecule has 0 unspecified atom stereocenters. The molecule has 1 saturated carbocycles. The third kappa shape index (κ3) is 3.38. The molecule has 0 amide bonds. The van der Waals surface area contributed by atoms with Gasteiger partial charge in [-0.25, -0.2) is 13.8 Å². The summed E-state index contributed by atoms with van der Waals surface area (Å²) in [6.07, 6.45) is 7.09. The van der Waals surface area contributed by atoms with E-state index in [9.17, 15) is 4.39 Å². The zero-order valence-electron chi connectivity index (χ0n) is 20.2. The predicted molar refractivity (Wildman–Crippen MR) is 130 cm³/mol. The minimum atomic E-state index is -0.832. The summed E-state index contributed by atoms with van der Waals surface area (Å²) in [7, 11) is 0. The number of fused-ring (bicyclic) bond motifs is 6. The molecule has 6 heterocycles. The minimum Gasteiger partial charge on any atom is -0.461 e. The Morgan fingerprint density at radius 3 is 2.94 bits per heavy atom. The van der Waals surface area contributed by atoms with Gasteiger partial charge in [-0.2, -0.15) is 9.97 Å². The third-order valence-corrected chi connectivity index (χ3v) is 9.88. The first kappa shape index (κ1) is 22.4. The fourth-order valence-electron chi connectivity index (χ4n) is 8.11. The van der Waals surface area contributed by atoms with Crippen LogP contribution >= 0.6 is 11.6 Å². The molecule has 7 rings (SSSR count). The monoisotopic (exact) mass is 503 g/mol. The summed E-state index contributed by atoms with van der Waals surface area (Å²) in [5.74, 6) is 1.79. The van der Waals surface area contributed by atoms with Gasteiger partial charge in [0.25, 0.3) is 0 Å². The number of halogens is 3. The van der Waals surface area contributed by atoms with E-state index in [2.05, 4.69) is 26.7 Å². The van der Waals surface area contributed by atoms with Gasteiger partial charge in [-0.1, -0.05) is 24.9 Å². The number of rotatable bonds is 4. The molecule has 2 aromatic rings. The van der Waals surface area contributed by atoms with Gasteiger partial charge in [-0.15, -0.1) is 0 Å². The molecule has 0 spiro atoms. The maximum atomic E-state index is 15.4. The highest BCUT2D eigenvalue weighted by Gasteiger charge is 2.50. The Bertz CT molecular complexity index is 1180. The van der Waals surface area contributed by atoms with Crippen molar-refractivity contribution in [3.05, 3.63) is 16.7 Å². The zero-order chi connectivity index (χ0) is 23.9. The Hall–Kier alpha value is -1.80. The van der Waals surface area contributed by atoms with E-state index in [1.165, 1.54) is 19.3 Å². The minimum absolute atomic E-state index is 0.143. The summed E-state index contributed by atoms with van der Waals surface area (Å²) < 4.78 is 35.9. The van der Waals surface area contributed by atoms with Crippen LogP contribution in [-0.4, -0.2) is 63.8 Å². The van der Waals surface area contributed by atoms with Gasteiger partial charge in [0.1, 0.15) is 24.1 Å². The molecule has 4 fully saturated rings. The normalized spacial score (nSPS) is 35.9. The molecule has 2 bridgehead atoms. The van der Waals surface area contributed by atoms with Crippen LogP contribution in [0.15, 0.2) is 0 Å². The Labute approximate surface area is 209 Å². The van der Waals surface area contributed by atoms with Gasteiger partial charge in [-0.3, -0.25) is 4.90 Å². The summed E-state index contributed by atoms with van der Waals surface area (Å²) in [4.78, 5) is 18.6. The van der Waals surface area contributed by atoms with Gasteiger partial charge >= 0.3 is 6.01 Å². The highest BCUT2D eigenvalue weighted by Crippen LogP contribution is 2.49. The Morgan fingerprint density at radius 1 is 1.20 bits per heavy atom. The third-order valence-electron chi connectivity index (χ3n) is 9.63. The number of aromatic nitrogens is 3. The molecule has 1 aliphatic carbocycles. The Kier molecular flexibility index (Phi) is 5.19. The van der Waals surface area contributed by atoms with Crippen LogP contribution in [0.2, 0.25) is 5.15 Å². The van der Waals surface area contributed by atoms with E-state index < -0.39 is 12.0 Å². The first-order valence-corrected chi connectivity index (χ1v) is 13.7. The lowest BCUT2D eigenvalue weighted by molar-refractivity contribution is 0.107. The summed E-state index contributed by atoms with van der Waals surface area (Å²) >= 11 is 6.28. The van der Waals surface area contributed by atoms with Crippen molar-refractivity contribution in [1.82, 2.24) is 19.9 Å². The molecule has 188 valence electrons. The van der Waals surface area contributed by atoms with Crippen LogP contribution in [0.5, 0.6) is 6.01 Å². The summed E-state index contributed by atoms with van der Waals surface area (Å²) in [6, 6.07) is 0.515. The molecule has 0 radical (unpaired) electrons. The number of hydrogen-bond donors (Lipinski definition) is 0. The van der Waals surface area contributed by atoms with E-state index in [-0.39, 0.29) is 22.2 Å². The molecule has 2 aromatic heterocycles. The van der Waals surface area contributed by atoms with E-state index >= 15 is 4.39 Å². The first-order valence-electron chi connectivity index (χ1n) is 13.3. The van der Waals surface area contributed by atoms with Crippen molar-refractivity contribution in [2.45, 2.75) is 76.0 Å². The van der Waals surface area contributed by atoms with E-state index in [0.717, 1.165) is 50.3 Å². The number of piperidine rings is 1. The van der Waals surface area contributed by atoms with Crippen LogP contribution in [0.4, 0.5) is 14.6 Å². The molecular formula is C26H32ClF2N5O.